The van der Waals surface area contributed by atoms with Crippen molar-refractivity contribution in [1.29, 1.82) is 0 Å². The lowest BCUT2D eigenvalue weighted by Crippen LogP contribution is -2.32. The number of thiazole rings is 1. The van der Waals surface area contributed by atoms with Crippen molar-refractivity contribution in [2.24, 2.45) is 5.92 Å². The molecule has 3 rings (SSSR count). The van der Waals surface area contributed by atoms with Gasteiger partial charge in [0.2, 0.25) is 5.91 Å². The minimum atomic E-state index is -1.11. The third-order valence-electron chi connectivity index (χ3n) is 3.89. The van der Waals surface area contributed by atoms with Gasteiger partial charge in [0.15, 0.2) is 5.69 Å². The van der Waals surface area contributed by atoms with Crippen molar-refractivity contribution >= 4 is 34.8 Å². The molecule has 25 heavy (non-hydrogen) atoms. The van der Waals surface area contributed by atoms with Crippen LogP contribution >= 0.6 is 22.9 Å². The Labute approximate surface area is 151 Å². The maximum absolute atomic E-state index is 13.7. The molecule has 1 saturated heterocycles. The summed E-state index contributed by atoms with van der Waals surface area (Å²) in [5.74, 6) is -2.37. The molecule has 2 N–H and O–H groups in total. The molecule has 0 aliphatic carbocycles. The van der Waals surface area contributed by atoms with E-state index in [0.29, 0.717) is 23.6 Å². The number of aromatic nitrogens is 1. The molecule has 1 aliphatic heterocycles. The highest BCUT2D eigenvalue weighted by molar-refractivity contribution is 7.09. The summed E-state index contributed by atoms with van der Waals surface area (Å²) in [5, 5.41) is 13.5. The Kier molecular flexibility index (Phi) is 5.31. The van der Waals surface area contributed by atoms with Gasteiger partial charge in [-0.25, -0.2) is 14.2 Å². The van der Waals surface area contributed by atoms with E-state index in [0.717, 1.165) is 11.3 Å². The number of rotatable bonds is 5. The van der Waals surface area contributed by atoms with E-state index in [4.69, 9.17) is 21.4 Å². The Morgan fingerprint density at radius 1 is 1.48 bits per heavy atom. The number of ether oxygens (including phenoxy) is 1. The van der Waals surface area contributed by atoms with Crippen LogP contribution in [-0.4, -0.2) is 28.6 Å². The fourth-order valence-electron chi connectivity index (χ4n) is 2.66. The minimum absolute atomic E-state index is 0.0146. The number of hydrogen-bond donors (Lipinski definition) is 2. The molecule has 1 aromatic carbocycles. The number of benzene rings is 1. The van der Waals surface area contributed by atoms with Gasteiger partial charge in [-0.3, -0.25) is 4.79 Å². The molecule has 9 heteroatoms. The van der Waals surface area contributed by atoms with E-state index in [-0.39, 0.29) is 23.2 Å². The number of amides is 1. The number of hydrogen-bond acceptors (Lipinski definition) is 5. The van der Waals surface area contributed by atoms with Crippen LogP contribution in [0.15, 0.2) is 23.6 Å². The summed E-state index contributed by atoms with van der Waals surface area (Å²) in [5.41, 5.74) is 0.509. The number of nitrogens with zero attached hydrogens (tertiary/aromatic N) is 1. The first kappa shape index (κ1) is 17.8. The molecule has 2 heterocycles. The fraction of sp³-hybridized carbons (Fsp3) is 0.312. The normalized spacial score (nSPS) is 19.8. The molecular formula is C16H14ClFN2O4S. The summed E-state index contributed by atoms with van der Waals surface area (Å²) in [7, 11) is 0. The molecule has 6 nitrogen and oxygen atoms in total. The summed E-state index contributed by atoms with van der Waals surface area (Å²) in [4.78, 5) is 27.2. The van der Waals surface area contributed by atoms with Crippen molar-refractivity contribution in [1.82, 2.24) is 10.3 Å². The molecule has 1 aliphatic rings. The monoisotopic (exact) mass is 384 g/mol. The van der Waals surface area contributed by atoms with Gasteiger partial charge in [-0.2, -0.15) is 0 Å². The Hall–Kier alpha value is -2.03. The van der Waals surface area contributed by atoms with Crippen molar-refractivity contribution in [2.75, 3.05) is 6.61 Å². The van der Waals surface area contributed by atoms with E-state index in [1.54, 1.807) is 6.07 Å². The Morgan fingerprint density at radius 2 is 2.28 bits per heavy atom. The first-order chi connectivity index (χ1) is 12.0. The van der Waals surface area contributed by atoms with Crippen LogP contribution in [0.3, 0.4) is 0 Å². The summed E-state index contributed by atoms with van der Waals surface area (Å²) in [6.07, 6.45) is -0.0310. The van der Waals surface area contributed by atoms with Crippen LogP contribution in [0.1, 0.15) is 33.6 Å². The maximum atomic E-state index is 13.7. The highest BCUT2D eigenvalue weighted by atomic mass is 35.5. The summed E-state index contributed by atoms with van der Waals surface area (Å²) >= 11 is 6.85. The molecule has 0 unspecified atom stereocenters. The zero-order valence-electron chi connectivity index (χ0n) is 12.9. The SMILES string of the molecule is O=C(O)c1csc(CNC(=O)[C@@H]2CCO[C@H]2c2ccc(Cl)c(F)c2)n1. The zero-order valence-corrected chi connectivity index (χ0v) is 14.4. The van der Waals surface area contributed by atoms with E-state index in [9.17, 15) is 14.0 Å². The standard InChI is InChI=1S/C16H14ClFN2O4S/c17-10-2-1-8(5-11(10)18)14-9(3-4-24-14)15(21)19-6-13-20-12(7-25-13)16(22)23/h1-2,5,7,9,14H,3-4,6H2,(H,19,21)(H,22,23)/t9-,14+/m1/s1. The van der Waals surface area contributed by atoms with E-state index >= 15 is 0 Å². The van der Waals surface area contributed by atoms with Crippen molar-refractivity contribution < 1.29 is 23.8 Å². The Bertz CT molecular complexity index is 813. The van der Waals surface area contributed by atoms with E-state index in [1.165, 1.54) is 17.5 Å². The van der Waals surface area contributed by atoms with E-state index < -0.39 is 23.8 Å². The summed E-state index contributed by atoms with van der Waals surface area (Å²) in [6.45, 7) is 0.530. The molecule has 132 valence electrons. The smallest absolute Gasteiger partial charge is 0.355 e. The van der Waals surface area contributed by atoms with E-state index in [1.807, 2.05) is 0 Å². The number of carboxylic acid groups (broad SMARTS) is 1. The highest BCUT2D eigenvalue weighted by Crippen LogP contribution is 2.35. The Balaban J connectivity index is 1.65. The molecule has 1 fully saturated rings. The molecule has 0 radical (unpaired) electrons. The molecule has 1 aromatic heterocycles. The fourth-order valence-corrected chi connectivity index (χ4v) is 3.49. The van der Waals surface area contributed by atoms with Crippen molar-refractivity contribution in [3.05, 3.63) is 50.7 Å². The molecule has 1 amide bonds. The van der Waals surface area contributed by atoms with Crippen LogP contribution in [0, 0.1) is 11.7 Å². The summed E-state index contributed by atoms with van der Waals surface area (Å²) in [6, 6.07) is 4.35. The lowest BCUT2D eigenvalue weighted by molar-refractivity contribution is -0.126. The van der Waals surface area contributed by atoms with Crippen LogP contribution in [-0.2, 0) is 16.1 Å². The largest absolute Gasteiger partial charge is 0.476 e. The number of carboxylic acids is 1. The van der Waals surface area contributed by atoms with Gasteiger partial charge in [0, 0.05) is 12.0 Å². The lowest BCUT2D eigenvalue weighted by atomic mass is 9.94. The van der Waals surface area contributed by atoms with Gasteiger partial charge < -0.3 is 15.2 Å². The second kappa shape index (κ2) is 7.47. The number of carbonyl (C=O) groups excluding carboxylic acids is 1. The van der Waals surface area contributed by atoms with Gasteiger partial charge in [-0.15, -0.1) is 11.3 Å². The third-order valence-corrected chi connectivity index (χ3v) is 5.04. The predicted molar refractivity (Wildman–Crippen MR) is 89.1 cm³/mol. The quantitative estimate of drug-likeness (QED) is 0.827. The lowest BCUT2D eigenvalue weighted by Gasteiger charge is -2.18. The number of halogens is 2. The van der Waals surface area contributed by atoms with Crippen LogP contribution in [0.4, 0.5) is 4.39 Å². The zero-order chi connectivity index (χ0) is 18.0. The van der Waals surface area contributed by atoms with E-state index in [2.05, 4.69) is 10.3 Å². The average molecular weight is 385 g/mol. The number of nitrogens with one attached hydrogen (secondary N) is 1. The van der Waals surface area contributed by atoms with Crippen LogP contribution < -0.4 is 5.32 Å². The van der Waals surface area contributed by atoms with Crippen molar-refractivity contribution in [3.63, 3.8) is 0 Å². The summed E-state index contributed by atoms with van der Waals surface area (Å²) < 4.78 is 19.2. The Morgan fingerprint density at radius 3 is 2.96 bits per heavy atom. The predicted octanol–water partition coefficient (Wildman–Crippen LogP) is 3.03. The molecule has 2 aromatic rings. The van der Waals surface area contributed by atoms with Crippen LogP contribution in [0.5, 0.6) is 0 Å². The maximum Gasteiger partial charge on any atom is 0.355 e. The molecular weight excluding hydrogens is 371 g/mol. The second-order valence-electron chi connectivity index (χ2n) is 5.51. The van der Waals surface area contributed by atoms with Gasteiger partial charge in [-0.05, 0) is 24.1 Å². The van der Waals surface area contributed by atoms with Gasteiger partial charge in [-0.1, -0.05) is 17.7 Å². The van der Waals surface area contributed by atoms with Gasteiger partial charge >= 0.3 is 5.97 Å². The topological polar surface area (TPSA) is 88.5 Å². The second-order valence-corrected chi connectivity index (χ2v) is 6.86. The average Bonchev–Trinajstić information content (AvgIpc) is 3.24. The molecule has 0 bridgehead atoms. The molecule has 0 saturated carbocycles. The van der Waals surface area contributed by atoms with Crippen molar-refractivity contribution in [3.8, 4) is 0 Å². The first-order valence-electron chi connectivity index (χ1n) is 7.47. The number of aromatic carboxylic acids is 1. The molecule has 2 atom stereocenters. The van der Waals surface area contributed by atoms with Crippen LogP contribution in [0.25, 0.3) is 0 Å². The number of carbonyl (C=O) groups is 2. The van der Waals surface area contributed by atoms with Crippen LogP contribution in [0.2, 0.25) is 5.02 Å². The molecule has 0 spiro atoms. The van der Waals surface area contributed by atoms with Crippen molar-refractivity contribution in [2.45, 2.75) is 19.1 Å². The van der Waals surface area contributed by atoms with Gasteiger partial charge in [0.05, 0.1) is 23.6 Å². The van der Waals surface area contributed by atoms with Gasteiger partial charge in [0.1, 0.15) is 10.8 Å². The minimum Gasteiger partial charge on any atom is -0.476 e. The first-order valence-corrected chi connectivity index (χ1v) is 8.73. The van der Waals surface area contributed by atoms with Gasteiger partial charge in [0.25, 0.3) is 0 Å². The third kappa shape index (κ3) is 3.97. The highest BCUT2D eigenvalue weighted by Gasteiger charge is 2.35.